The molecule has 0 saturated heterocycles. The standard InChI is InChI=1S/C21H23N3O3/c1-13(2)22-21(26)24-17-10-6-5-9-16(17)20(25)23-14(3)19-12-15-8-4-7-11-18(15)27-19/h4-14H,1-3H3,(H,23,25)(H2,22,24,26). The van der Waals surface area contributed by atoms with Crippen molar-refractivity contribution in [2.24, 2.45) is 0 Å². The fourth-order valence-electron chi connectivity index (χ4n) is 2.77. The Morgan fingerprint density at radius 2 is 1.63 bits per heavy atom. The highest BCUT2D eigenvalue weighted by atomic mass is 16.3. The highest BCUT2D eigenvalue weighted by Crippen LogP contribution is 2.24. The van der Waals surface area contributed by atoms with Crippen LogP contribution in [0.1, 0.15) is 42.9 Å². The van der Waals surface area contributed by atoms with Gasteiger partial charge in [0.05, 0.1) is 17.3 Å². The zero-order valence-corrected chi connectivity index (χ0v) is 15.6. The first kappa shape index (κ1) is 18.5. The third kappa shape index (κ3) is 4.47. The molecule has 0 aliphatic rings. The average molecular weight is 365 g/mol. The van der Waals surface area contributed by atoms with Gasteiger partial charge in [-0.1, -0.05) is 30.3 Å². The Bertz CT molecular complexity index is 929. The second-order valence-corrected chi connectivity index (χ2v) is 6.68. The van der Waals surface area contributed by atoms with Crippen LogP contribution in [0.5, 0.6) is 0 Å². The SMILES string of the molecule is CC(C)NC(=O)Nc1ccccc1C(=O)NC(C)c1cc2ccccc2o1. The molecule has 0 fully saturated rings. The van der Waals surface area contributed by atoms with Gasteiger partial charge in [-0.2, -0.15) is 0 Å². The molecule has 3 rings (SSSR count). The minimum Gasteiger partial charge on any atom is -0.459 e. The summed E-state index contributed by atoms with van der Waals surface area (Å²) in [7, 11) is 0. The number of carbonyl (C=O) groups is 2. The number of hydrogen-bond donors (Lipinski definition) is 3. The van der Waals surface area contributed by atoms with Gasteiger partial charge in [-0.15, -0.1) is 0 Å². The van der Waals surface area contributed by atoms with Crippen LogP contribution in [0.25, 0.3) is 11.0 Å². The summed E-state index contributed by atoms with van der Waals surface area (Å²) in [4.78, 5) is 24.7. The molecule has 0 aliphatic carbocycles. The third-order valence-electron chi connectivity index (χ3n) is 4.06. The summed E-state index contributed by atoms with van der Waals surface area (Å²) in [5.41, 5.74) is 1.62. The Labute approximate surface area is 157 Å². The van der Waals surface area contributed by atoms with Crippen LogP contribution in [-0.4, -0.2) is 18.0 Å². The van der Waals surface area contributed by atoms with Gasteiger partial charge in [-0.3, -0.25) is 4.79 Å². The summed E-state index contributed by atoms with van der Waals surface area (Å²) in [6.45, 7) is 5.59. The third-order valence-corrected chi connectivity index (χ3v) is 4.06. The van der Waals surface area contributed by atoms with E-state index in [0.29, 0.717) is 17.0 Å². The first-order valence-corrected chi connectivity index (χ1v) is 8.90. The molecule has 3 amide bonds. The number of hydrogen-bond acceptors (Lipinski definition) is 3. The Kier molecular flexibility index (Phi) is 5.45. The van der Waals surface area contributed by atoms with Crippen LogP contribution in [0.3, 0.4) is 0 Å². The zero-order chi connectivity index (χ0) is 19.4. The lowest BCUT2D eigenvalue weighted by Crippen LogP contribution is -2.35. The molecule has 1 heterocycles. The summed E-state index contributed by atoms with van der Waals surface area (Å²) in [6.07, 6.45) is 0. The molecule has 3 aromatic rings. The van der Waals surface area contributed by atoms with Crippen molar-refractivity contribution in [3.05, 3.63) is 65.9 Å². The van der Waals surface area contributed by atoms with E-state index in [1.807, 2.05) is 51.1 Å². The van der Waals surface area contributed by atoms with Crippen molar-refractivity contribution in [3.8, 4) is 0 Å². The molecular formula is C21H23N3O3. The van der Waals surface area contributed by atoms with Crippen molar-refractivity contribution in [3.63, 3.8) is 0 Å². The van der Waals surface area contributed by atoms with Crippen molar-refractivity contribution in [2.45, 2.75) is 32.9 Å². The largest absolute Gasteiger partial charge is 0.459 e. The van der Waals surface area contributed by atoms with Crippen LogP contribution in [0.15, 0.2) is 59.0 Å². The molecule has 0 aliphatic heterocycles. The van der Waals surface area contributed by atoms with Crippen molar-refractivity contribution < 1.29 is 14.0 Å². The number of rotatable bonds is 5. The second-order valence-electron chi connectivity index (χ2n) is 6.68. The number of nitrogens with one attached hydrogen (secondary N) is 3. The van der Waals surface area contributed by atoms with Gasteiger partial charge in [0.15, 0.2) is 0 Å². The molecule has 6 heteroatoms. The van der Waals surface area contributed by atoms with Gasteiger partial charge in [0, 0.05) is 11.4 Å². The summed E-state index contributed by atoms with van der Waals surface area (Å²) in [5, 5.41) is 9.38. The first-order chi connectivity index (χ1) is 12.9. The van der Waals surface area contributed by atoms with Crippen LogP contribution in [0.4, 0.5) is 10.5 Å². The van der Waals surface area contributed by atoms with E-state index in [2.05, 4.69) is 16.0 Å². The molecule has 0 spiro atoms. The van der Waals surface area contributed by atoms with Gasteiger partial charge in [0.2, 0.25) is 0 Å². The van der Waals surface area contributed by atoms with Gasteiger partial charge in [0.25, 0.3) is 5.91 Å². The monoisotopic (exact) mass is 365 g/mol. The number of benzene rings is 2. The number of fused-ring (bicyclic) bond motifs is 1. The van der Waals surface area contributed by atoms with Crippen molar-refractivity contribution in [1.29, 1.82) is 0 Å². The molecule has 27 heavy (non-hydrogen) atoms. The molecule has 1 aromatic heterocycles. The topological polar surface area (TPSA) is 83.4 Å². The lowest BCUT2D eigenvalue weighted by Gasteiger charge is -2.15. The quantitative estimate of drug-likeness (QED) is 0.624. The van der Waals surface area contributed by atoms with Crippen LogP contribution < -0.4 is 16.0 Å². The van der Waals surface area contributed by atoms with Gasteiger partial charge in [-0.25, -0.2) is 4.79 Å². The van der Waals surface area contributed by atoms with Gasteiger partial charge < -0.3 is 20.4 Å². The van der Waals surface area contributed by atoms with E-state index >= 15 is 0 Å². The van der Waals surface area contributed by atoms with Gasteiger partial charge in [0.1, 0.15) is 11.3 Å². The number of amides is 3. The normalized spacial score (nSPS) is 12.0. The molecule has 2 aromatic carbocycles. The number of para-hydroxylation sites is 2. The minimum absolute atomic E-state index is 0.000837. The van der Waals surface area contributed by atoms with E-state index in [1.54, 1.807) is 24.3 Å². The highest BCUT2D eigenvalue weighted by Gasteiger charge is 2.18. The second kappa shape index (κ2) is 7.95. The molecule has 0 bridgehead atoms. The van der Waals surface area contributed by atoms with E-state index in [4.69, 9.17) is 4.42 Å². The number of urea groups is 1. The number of furan rings is 1. The van der Waals surface area contributed by atoms with Gasteiger partial charge in [-0.05, 0) is 45.0 Å². The Balaban J connectivity index is 1.74. The summed E-state index contributed by atoms with van der Waals surface area (Å²) in [5.74, 6) is 0.385. The lowest BCUT2D eigenvalue weighted by molar-refractivity contribution is 0.0936. The van der Waals surface area contributed by atoms with Crippen LogP contribution in [-0.2, 0) is 0 Å². The van der Waals surface area contributed by atoms with E-state index < -0.39 is 0 Å². The van der Waals surface area contributed by atoms with Crippen molar-refractivity contribution >= 4 is 28.6 Å². The van der Waals surface area contributed by atoms with Crippen molar-refractivity contribution in [1.82, 2.24) is 10.6 Å². The van der Waals surface area contributed by atoms with Crippen LogP contribution in [0, 0.1) is 0 Å². The smallest absolute Gasteiger partial charge is 0.319 e. The molecule has 6 nitrogen and oxygen atoms in total. The summed E-state index contributed by atoms with van der Waals surface area (Å²) in [6, 6.07) is 15.8. The molecule has 3 N–H and O–H groups in total. The van der Waals surface area contributed by atoms with Gasteiger partial charge >= 0.3 is 6.03 Å². The molecule has 0 radical (unpaired) electrons. The fourth-order valence-corrected chi connectivity index (χ4v) is 2.77. The van der Waals surface area contributed by atoms with Crippen molar-refractivity contribution in [2.75, 3.05) is 5.32 Å². The zero-order valence-electron chi connectivity index (χ0n) is 15.6. The Hall–Kier alpha value is -3.28. The predicted octanol–water partition coefficient (Wildman–Crippen LogP) is 4.45. The molecular weight excluding hydrogens is 342 g/mol. The summed E-state index contributed by atoms with van der Waals surface area (Å²) < 4.78 is 5.81. The predicted molar refractivity (Wildman–Crippen MR) is 106 cm³/mol. The van der Waals surface area contributed by atoms with E-state index in [-0.39, 0.29) is 24.0 Å². The number of anilines is 1. The van der Waals surface area contributed by atoms with E-state index in [9.17, 15) is 9.59 Å². The maximum atomic E-state index is 12.7. The average Bonchev–Trinajstić information content (AvgIpc) is 3.05. The lowest BCUT2D eigenvalue weighted by atomic mass is 10.1. The molecule has 1 unspecified atom stereocenters. The minimum atomic E-state index is -0.351. The van der Waals surface area contributed by atoms with E-state index in [1.165, 1.54) is 0 Å². The maximum Gasteiger partial charge on any atom is 0.319 e. The fraction of sp³-hybridized carbons (Fsp3) is 0.238. The highest BCUT2D eigenvalue weighted by molar-refractivity contribution is 6.03. The number of carbonyl (C=O) groups excluding carboxylic acids is 2. The Morgan fingerprint density at radius 3 is 2.37 bits per heavy atom. The molecule has 1 atom stereocenters. The van der Waals surface area contributed by atoms with E-state index in [0.717, 1.165) is 11.0 Å². The first-order valence-electron chi connectivity index (χ1n) is 8.90. The van der Waals surface area contributed by atoms with Crippen LogP contribution >= 0.6 is 0 Å². The molecule has 0 saturated carbocycles. The molecule has 140 valence electrons. The Morgan fingerprint density at radius 1 is 0.926 bits per heavy atom. The van der Waals surface area contributed by atoms with Crippen LogP contribution in [0.2, 0.25) is 0 Å². The maximum absolute atomic E-state index is 12.7. The summed E-state index contributed by atoms with van der Waals surface area (Å²) >= 11 is 0.